The van der Waals surface area contributed by atoms with Crippen LogP contribution in [0.15, 0.2) is 0 Å². The van der Waals surface area contributed by atoms with Gasteiger partial charge in [0.1, 0.15) is 0 Å². The summed E-state index contributed by atoms with van der Waals surface area (Å²) in [6, 6.07) is -0.110. The number of methoxy groups -OCH3 is 1. The predicted molar refractivity (Wildman–Crippen MR) is 58.3 cm³/mol. The summed E-state index contributed by atoms with van der Waals surface area (Å²) in [5, 5.41) is 5.98. The van der Waals surface area contributed by atoms with E-state index >= 15 is 0 Å². The average Bonchev–Trinajstić information content (AvgIpc) is 2.66. The fourth-order valence-electron chi connectivity index (χ4n) is 1.65. The Kier molecular flexibility index (Phi) is 4.60. The van der Waals surface area contributed by atoms with Gasteiger partial charge in [0.05, 0.1) is 12.1 Å². The lowest BCUT2D eigenvalue weighted by Crippen LogP contribution is -2.44. The van der Waals surface area contributed by atoms with Crippen LogP contribution in [-0.2, 0) is 9.53 Å². The van der Waals surface area contributed by atoms with Crippen molar-refractivity contribution in [3.8, 4) is 12.3 Å². The molecule has 1 fully saturated rings. The molecule has 0 aromatic carbocycles. The third kappa shape index (κ3) is 3.54. The Hall–Kier alpha value is -1.05. The third-order valence-corrected chi connectivity index (χ3v) is 2.55. The summed E-state index contributed by atoms with van der Waals surface area (Å²) in [6.07, 6.45) is 6.60. The Morgan fingerprint density at radius 1 is 1.80 bits per heavy atom. The summed E-state index contributed by atoms with van der Waals surface area (Å²) in [6.45, 7) is 2.64. The van der Waals surface area contributed by atoms with Gasteiger partial charge in [-0.25, -0.2) is 0 Å². The lowest BCUT2D eigenvalue weighted by molar-refractivity contribution is -0.123. The standard InChI is InChI=1S/C11H18N2O2/c1-4-5-8(2)13-11(14)10-6-9(15-3)7-12-10/h1,8-10,12H,5-7H2,2-3H3,(H,13,14). The molecule has 3 atom stereocenters. The van der Waals surface area contributed by atoms with Crippen molar-refractivity contribution in [2.24, 2.45) is 0 Å². The normalized spacial score (nSPS) is 27.0. The van der Waals surface area contributed by atoms with Crippen LogP contribution >= 0.6 is 0 Å². The van der Waals surface area contributed by atoms with E-state index in [1.807, 2.05) is 6.92 Å². The number of hydrogen-bond acceptors (Lipinski definition) is 3. The van der Waals surface area contributed by atoms with Crippen molar-refractivity contribution in [2.75, 3.05) is 13.7 Å². The van der Waals surface area contributed by atoms with Gasteiger partial charge in [0.2, 0.25) is 5.91 Å². The van der Waals surface area contributed by atoms with Gasteiger partial charge in [0.15, 0.2) is 0 Å². The van der Waals surface area contributed by atoms with Gasteiger partial charge < -0.3 is 15.4 Å². The van der Waals surface area contributed by atoms with Crippen LogP contribution in [0.1, 0.15) is 19.8 Å². The van der Waals surface area contributed by atoms with Crippen molar-refractivity contribution in [3.63, 3.8) is 0 Å². The molecule has 3 unspecified atom stereocenters. The highest BCUT2D eigenvalue weighted by atomic mass is 16.5. The summed E-state index contributed by atoms with van der Waals surface area (Å²) in [5.41, 5.74) is 0. The van der Waals surface area contributed by atoms with E-state index in [4.69, 9.17) is 11.2 Å². The van der Waals surface area contributed by atoms with E-state index in [1.165, 1.54) is 0 Å². The summed E-state index contributed by atoms with van der Waals surface area (Å²) in [4.78, 5) is 11.7. The molecule has 4 heteroatoms. The van der Waals surface area contributed by atoms with Gasteiger partial charge in [-0.15, -0.1) is 12.3 Å². The highest BCUT2D eigenvalue weighted by Gasteiger charge is 2.29. The molecule has 0 aliphatic carbocycles. The Labute approximate surface area is 90.8 Å². The minimum Gasteiger partial charge on any atom is -0.380 e. The van der Waals surface area contributed by atoms with Crippen molar-refractivity contribution >= 4 is 5.91 Å². The van der Waals surface area contributed by atoms with Crippen LogP contribution in [0.5, 0.6) is 0 Å². The van der Waals surface area contributed by atoms with Crippen LogP contribution in [0.25, 0.3) is 0 Å². The molecule has 0 bridgehead atoms. The Morgan fingerprint density at radius 2 is 2.53 bits per heavy atom. The zero-order chi connectivity index (χ0) is 11.3. The fraction of sp³-hybridized carbons (Fsp3) is 0.727. The maximum atomic E-state index is 11.7. The van der Waals surface area contributed by atoms with Gasteiger partial charge in [-0.1, -0.05) is 0 Å². The molecule has 1 heterocycles. The number of hydrogen-bond donors (Lipinski definition) is 2. The lowest BCUT2D eigenvalue weighted by Gasteiger charge is -2.15. The monoisotopic (exact) mass is 210 g/mol. The van der Waals surface area contributed by atoms with Crippen LogP contribution < -0.4 is 10.6 Å². The molecule has 1 amide bonds. The predicted octanol–water partition coefficient (Wildman–Crippen LogP) is -0.109. The first-order chi connectivity index (χ1) is 7.17. The molecular formula is C11H18N2O2. The first kappa shape index (κ1) is 12.0. The molecule has 0 aromatic rings. The summed E-state index contributed by atoms with van der Waals surface area (Å²) < 4.78 is 5.17. The van der Waals surface area contributed by atoms with Gasteiger partial charge in [0, 0.05) is 26.1 Å². The largest absolute Gasteiger partial charge is 0.380 e. The van der Waals surface area contributed by atoms with Crippen molar-refractivity contribution in [2.45, 2.75) is 38.0 Å². The van der Waals surface area contributed by atoms with E-state index in [2.05, 4.69) is 16.6 Å². The molecule has 1 aliphatic rings. The van der Waals surface area contributed by atoms with Crippen molar-refractivity contribution in [1.82, 2.24) is 10.6 Å². The highest BCUT2D eigenvalue weighted by molar-refractivity contribution is 5.82. The number of carbonyl (C=O) groups is 1. The summed E-state index contributed by atoms with van der Waals surface area (Å²) >= 11 is 0. The molecule has 0 saturated carbocycles. The number of ether oxygens (including phenoxy) is 1. The number of rotatable bonds is 4. The molecular weight excluding hydrogens is 192 g/mol. The molecule has 0 radical (unpaired) electrons. The van der Waals surface area contributed by atoms with Gasteiger partial charge in [-0.05, 0) is 13.3 Å². The van der Waals surface area contributed by atoms with Gasteiger partial charge in [-0.2, -0.15) is 0 Å². The minimum atomic E-state index is -0.143. The summed E-state index contributed by atoms with van der Waals surface area (Å²) in [5.74, 6) is 2.53. The topological polar surface area (TPSA) is 50.4 Å². The smallest absolute Gasteiger partial charge is 0.237 e. The van der Waals surface area contributed by atoms with Crippen LogP contribution in [-0.4, -0.2) is 37.7 Å². The molecule has 2 N–H and O–H groups in total. The third-order valence-electron chi connectivity index (χ3n) is 2.55. The second-order valence-corrected chi connectivity index (χ2v) is 3.87. The highest BCUT2D eigenvalue weighted by Crippen LogP contribution is 2.09. The molecule has 84 valence electrons. The second kappa shape index (κ2) is 5.74. The van der Waals surface area contributed by atoms with Crippen molar-refractivity contribution in [1.29, 1.82) is 0 Å². The minimum absolute atomic E-state index is 0.0114. The Bertz CT molecular complexity index is 260. The molecule has 0 aromatic heterocycles. The van der Waals surface area contributed by atoms with E-state index < -0.39 is 0 Å². The van der Waals surface area contributed by atoms with E-state index in [9.17, 15) is 4.79 Å². The van der Waals surface area contributed by atoms with Crippen LogP contribution in [0, 0.1) is 12.3 Å². The van der Waals surface area contributed by atoms with Crippen LogP contribution in [0.3, 0.4) is 0 Å². The zero-order valence-corrected chi connectivity index (χ0v) is 9.25. The SMILES string of the molecule is C#CCC(C)NC(=O)C1CC(OC)CN1. The van der Waals surface area contributed by atoms with Gasteiger partial charge in [0.25, 0.3) is 0 Å². The quantitative estimate of drug-likeness (QED) is 0.637. The fourth-order valence-corrected chi connectivity index (χ4v) is 1.65. The number of carbonyl (C=O) groups excluding carboxylic acids is 1. The maximum Gasteiger partial charge on any atom is 0.237 e. The second-order valence-electron chi connectivity index (χ2n) is 3.87. The Morgan fingerprint density at radius 3 is 3.07 bits per heavy atom. The van der Waals surface area contributed by atoms with Crippen molar-refractivity contribution in [3.05, 3.63) is 0 Å². The van der Waals surface area contributed by atoms with Crippen LogP contribution in [0.2, 0.25) is 0 Å². The average molecular weight is 210 g/mol. The first-order valence-electron chi connectivity index (χ1n) is 5.17. The zero-order valence-electron chi connectivity index (χ0n) is 9.25. The first-order valence-corrected chi connectivity index (χ1v) is 5.17. The number of amides is 1. The van der Waals surface area contributed by atoms with E-state index in [0.717, 1.165) is 13.0 Å². The van der Waals surface area contributed by atoms with Gasteiger partial charge in [-0.3, -0.25) is 4.79 Å². The molecule has 1 aliphatic heterocycles. The van der Waals surface area contributed by atoms with Crippen molar-refractivity contribution < 1.29 is 9.53 Å². The maximum absolute atomic E-state index is 11.7. The number of terminal acetylenes is 1. The molecule has 4 nitrogen and oxygen atoms in total. The lowest BCUT2D eigenvalue weighted by atomic mass is 10.1. The molecule has 1 rings (SSSR count). The van der Waals surface area contributed by atoms with Crippen LogP contribution in [0.4, 0.5) is 0 Å². The van der Waals surface area contributed by atoms with E-state index in [-0.39, 0.29) is 24.1 Å². The molecule has 1 saturated heterocycles. The van der Waals surface area contributed by atoms with Gasteiger partial charge >= 0.3 is 0 Å². The summed E-state index contributed by atoms with van der Waals surface area (Å²) in [7, 11) is 1.66. The number of nitrogens with one attached hydrogen (secondary N) is 2. The van der Waals surface area contributed by atoms with E-state index in [1.54, 1.807) is 7.11 Å². The molecule has 15 heavy (non-hydrogen) atoms. The Balaban J connectivity index is 2.32. The van der Waals surface area contributed by atoms with E-state index in [0.29, 0.717) is 6.42 Å². The molecule has 0 spiro atoms.